The van der Waals surface area contributed by atoms with E-state index in [2.05, 4.69) is 0 Å². The molecule has 0 aliphatic carbocycles. The van der Waals surface area contributed by atoms with Crippen molar-refractivity contribution in [3.8, 4) is 5.75 Å². The summed E-state index contributed by atoms with van der Waals surface area (Å²) in [6.45, 7) is 0. The first-order chi connectivity index (χ1) is 9.60. The molecular weight excluding hydrogens is 254 g/mol. The highest BCUT2D eigenvalue weighted by Crippen LogP contribution is 2.14. The lowest BCUT2D eigenvalue weighted by Crippen LogP contribution is -2.11. The number of ketones is 1. The van der Waals surface area contributed by atoms with Crippen LogP contribution in [-0.4, -0.2) is 18.8 Å². The first kappa shape index (κ1) is 13.8. The van der Waals surface area contributed by atoms with Gasteiger partial charge in [0.05, 0.1) is 7.11 Å². The average molecular weight is 269 g/mol. The summed E-state index contributed by atoms with van der Waals surface area (Å²) < 4.78 is 5.05. The van der Waals surface area contributed by atoms with E-state index in [0.717, 1.165) is 5.56 Å². The summed E-state index contributed by atoms with van der Waals surface area (Å²) in [4.78, 5) is 23.1. The van der Waals surface area contributed by atoms with Crippen LogP contribution in [-0.2, 0) is 6.42 Å². The second-order valence-corrected chi connectivity index (χ2v) is 4.39. The minimum absolute atomic E-state index is 0.0134. The van der Waals surface area contributed by atoms with Crippen molar-refractivity contribution in [3.63, 3.8) is 0 Å². The van der Waals surface area contributed by atoms with E-state index in [0.29, 0.717) is 16.9 Å². The number of rotatable bonds is 5. The summed E-state index contributed by atoms with van der Waals surface area (Å²) in [6.07, 6.45) is 0.283. The molecule has 0 radical (unpaired) electrons. The Hall–Kier alpha value is -2.62. The predicted octanol–water partition coefficient (Wildman–Crippen LogP) is 2.22. The van der Waals surface area contributed by atoms with Gasteiger partial charge in [-0.2, -0.15) is 0 Å². The summed E-state index contributed by atoms with van der Waals surface area (Å²) in [5, 5.41) is 0. The van der Waals surface area contributed by atoms with Crippen LogP contribution in [0.15, 0.2) is 48.5 Å². The highest BCUT2D eigenvalue weighted by Gasteiger charge is 2.08. The average Bonchev–Trinajstić information content (AvgIpc) is 2.48. The van der Waals surface area contributed by atoms with Crippen molar-refractivity contribution in [2.45, 2.75) is 6.42 Å². The Labute approximate surface area is 117 Å². The Morgan fingerprint density at radius 3 is 2.00 bits per heavy atom. The van der Waals surface area contributed by atoms with E-state index >= 15 is 0 Å². The van der Waals surface area contributed by atoms with Gasteiger partial charge in [-0.1, -0.05) is 12.1 Å². The van der Waals surface area contributed by atoms with E-state index in [1.54, 1.807) is 55.6 Å². The number of primary amides is 1. The molecule has 0 aromatic heterocycles. The molecule has 0 aliphatic heterocycles. The van der Waals surface area contributed by atoms with Crippen molar-refractivity contribution in [2.24, 2.45) is 5.73 Å². The second-order valence-electron chi connectivity index (χ2n) is 4.39. The standard InChI is InChI=1S/C16H15NO3/c1-20-14-8-6-12(7-9-14)15(18)10-11-2-4-13(5-3-11)16(17)19/h2-9H,10H2,1H3,(H2,17,19). The monoisotopic (exact) mass is 269 g/mol. The maximum atomic E-state index is 12.1. The molecule has 4 heteroatoms. The Morgan fingerprint density at radius 1 is 0.950 bits per heavy atom. The topological polar surface area (TPSA) is 69.4 Å². The van der Waals surface area contributed by atoms with Crippen molar-refractivity contribution in [3.05, 3.63) is 65.2 Å². The van der Waals surface area contributed by atoms with E-state index in [9.17, 15) is 9.59 Å². The van der Waals surface area contributed by atoms with Gasteiger partial charge in [0, 0.05) is 17.5 Å². The van der Waals surface area contributed by atoms with E-state index in [1.807, 2.05) is 0 Å². The van der Waals surface area contributed by atoms with Gasteiger partial charge in [-0.15, -0.1) is 0 Å². The number of ether oxygens (including phenoxy) is 1. The van der Waals surface area contributed by atoms with Gasteiger partial charge in [0.2, 0.25) is 5.91 Å². The van der Waals surface area contributed by atoms with Crippen LogP contribution in [0.25, 0.3) is 0 Å². The third-order valence-corrected chi connectivity index (χ3v) is 3.02. The van der Waals surface area contributed by atoms with Gasteiger partial charge in [-0.3, -0.25) is 9.59 Å². The quantitative estimate of drug-likeness (QED) is 0.846. The number of methoxy groups -OCH3 is 1. The lowest BCUT2D eigenvalue weighted by Gasteiger charge is -2.04. The lowest BCUT2D eigenvalue weighted by molar-refractivity contribution is 0.0989. The Kier molecular flexibility index (Phi) is 4.15. The van der Waals surface area contributed by atoms with Crippen LogP contribution < -0.4 is 10.5 Å². The summed E-state index contributed by atoms with van der Waals surface area (Å²) in [5.41, 5.74) is 7.07. The molecule has 0 bridgehead atoms. The molecular formula is C16H15NO3. The lowest BCUT2D eigenvalue weighted by atomic mass is 10.0. The summed E-state index contributed by atoms with van der Waals surface area (Å²) in [5.74, 6) is 0.255. The summed E-state index contributed by atoms with van der Waals surface area (Å²) in [7, 11) is 1.58. The molecule has 4 nitrogen and oxygen atoms in total. The number of carbonyl (C=O) groups is 2. The second kappa shape index (κ2) is 6.02. The van der Waals surface area contributed by atoms with E-state index in [4.69, 9.17) is 10.5 Å². The molecule has 2 N–H and O–H groups in total. The predicted molar refractivity (Wildman–Crippen MR) is 76.0 cm³/mol. The van der Waals surface area contributed by atoms with Crippen molar-refractivity contribution in [1.82, 2.24) is 0 Å². The fourth-order valence-electron chi connectivity index (χ4n) is 1.85. The van der Waals surface area contributed by atoms with Crippen LogP contribution in [0.5, 0.6) is 5.75 Å². The van der Waals surface area contributed by atoms with Crippen molar-refractivity contribution in [1.29, 1.82) is 0 Å². The normalized spacial score (nSPS) is 10.1. The first-order valence-electron chi connectivity index (χ1n) is 6.16. The van der Waals surface area contributed by atoms with Gasteiger partial charge in [0.1, 0.15) is 5.75 Å². The molecule has 0 heterocycles. The van der Waals surface area contributed by atoms with E-state index in [1.165, 1.54) is 0 Å². The van der Waals surface area contributed by atoms with Crippen LogP contribution in [0.4, 0.5) is 0 Å². The van der Waals surface area contributed by atoms with Gasteiger partial charge in [-0.25, -0.2) is 0 Å². The van der Waals surface area contributed by atoms with Crippen LogP contribution in [0.3, 0.4) is 0 Å². The molecule has 0 atom stereocenters. The number of benzene rings is 2. The fraction of sp³-hybridized carbons (Fsp3) is 0.125. The van der Waals surface area contributed by atoms with Gasteiger partial charge < -0.3 is 10.5 Å². The SMILES string of the molecule is COc1ccc(C(=O)Cc2ccc(C(N)=O)cc2)cc1. The number of nitrogens with two attached hydrogens (primary N) is 1. The highest BCUT2D eigenvalue weighted by atomic mass is 16.5. The first-order valence-corrected chi connectivity index (χ1v) is 6.16. The zero-order chi connectivity index (χ0) is 14.5. The minimum atomic E-state index is -0.474. The maximum absolute atomic E-state index is 12.1. The summed E-state index contributed by atoms with van der Waals surface area (Å²) in [6, 6.07) is 13.7. The molecule has 0 unspecified atom stereocenters. The largest absolute Gasteiger partial charge is 0.497 e. The number of carbonyl (C=O) groups excluding carboxylic acids is 2. The van der Waals surface area contributed by atoms with Crippen molar-refractivity contribution < 1.29 is 14.3 Å². The third kappa shape index (κ3) is 3.23. The molecule has 2 aromatic carbocycles. The molecule has 0 fully saturated rings. The Bertz CT molecular complexity index is 615. The number of amides is 1. The van der Waals surface area contributed by atoms with Gasteiger partial charge in [0.15, 0.2) is 5.78 Å². The van der Waals surface area contributed by atoms with E-state index in [-0.39, 0.29) is 12.2 Å². The Morgan fingerprint density at radius 2 is 1.50 bits per heavy atom. The molecule has 2 aromatic rings. The maximum Gasteiger partial charge on any atom is 0.248 e. The molecule has 0 aliphatic rings. The third-order valence-electron chi connectivity index (χ3n) is 3.02. The Balaban J connectivity index is 2.08. The summed E-state index contributed by atoms with van der Waals surface area (Å²) >= 11 is 0. The number of Topliss-reactive ketones (excluding diaryl/α,β-unsaturated/α-hetero) is 1. The van der Waals surface area contributed by atoms with Gasteiger partial charge in [0.25, 0.3) is 0 Å². The smallest absolute Gasteiger partial charge is 0.248 e. The van der Waals surface area contributed by atoms with Crippen LogP contribution in [0.2, 0.25) is 0 Å². The van der Waals surface area contributed by atoms with Crippen molar-refractivity contribution in [2.75, 3.05) is 7.11 Å². The van der Waals surface area contributed by atoms with Crippen molar-refractivity contribution >= 4 is 11.7 Å². The molecule has 0 saturated heterocycles. The number of hydrogen-bond donors (Lipinski definition) is 1. The molecule has 1 amide bonds. The zero-order valence-electron chi connectivity index (χ0n) is 11.1. The van der Waals surface area contributed by atoms with Crippen LogP contribution >= 0.6 is 0 Å². The minimum Gasteiger partial charge on any atom is -0.497 e. The molecule has 20 heavy (non-hydrogen) atoms. The van der Waals surface area contributed by atoms with Gasteiger partial charge >= 0.3 is 0 Å². The zero-order valence-corrected chi connectivity index (χ0v) is 11.1. The van der Waals surface area contributed by atoms with E-state index < -0.39 is 5.91 Å². The van der Waals surface area contributed by atoms with Crippen LogP contribution in [0.1, 0.15) is 26.3 Å². The fourth-order valence-corrected chi connectivity index (χ4v) is 1.85. The molecule has 0 saturated carbocycles. The number of hydrogen-bond acceptors (Lipinski definition) is 3. The highest BCUT2D eigenvalue weighted by molar-refractivity contribution is 5.98. The van der Waals surface area contributed by atoms with Crippen LogP contribution in [0, 0.1) is 0 Å². The molecule has 0 spiro atoms. The molecule has 102 valence electrons. The molecule has 2 rings (SSSR count). The van der Waals surface area contributed by atoms with Gasteiger partial charge in [-0.05, 0) is 42.0 Å².